The van der Waals surface area contributed by atoms with E-state index in [-0.39, 0.29) is 17.8 Å². The van der Waals surface area contributed by atoms with Crippen molar-refractivity contribution in [2.75, 3.05) is 59.0 Å². The third kappa shape index (κ3) is 9.21. The number of alkyl carbamates (subject to hydrolysis) is 1. The molecule has 206 valence electrons. The lowest BCUT2D eigenvalue weighted by molar-refractivity contribution is -0.145. The fourth-order valence-corrected chi connectivity index (χ4v) is 5.71. The highest BCUT2D eigenvalue weighted by Crippen LogP contribution is 2.28. The van der Waals surface area contributed by atoms with Crippen molar-refractivity contribution in [3.63, 3.8) is 0 Å². The molecule has 0 bridgehead atoms. The SMILES string of the molecule is CCOC(=O)CN1CCC(CN2CCN(C(=O)[C@H](NC(=O)OC(C)(C)C)C3CCCCC3)CC2)CC1. The molecule has 0 aromatic carbocycles. The molecule has 1 N–H and O–H groups in total. The summed E-state index contributed by atoms with van der Waals surface area (Å²) >= 11 is 0. The van der Waals surface area contributed by atoms with Gasteiger partial charge in [-0.3, -0.25) is 19.4 Å². The second-order valence-electron chi connectivity index (χ2n) is 11.7. The normalized spacial score (nSPS) is 22.2. The van der Waals surface area contributed by atoms with Crippen molar-refractivity contribution in [2.45, 2.75) is 84.3 Å². The maximum absolute atomic E-state index is 13.6. The van der Waals surface area contributed by atoms with Crippen LogP contribution in [0.25, 0.3) is 0 Å². The number of carbonyl (C=O) groups excluding carboxylic acids is 3. The van der Waals surface area contributed by atoms with Crippen molar-refractivity contribution >= 4 is 18.0 Å². The van der Waals surface area contributed by atoms with Crippen LogP contribution in [0.2, 0.25) is 0 Å². The fraction of sp³-hybridized carbons (Fsp3) is 0.889. The summed E-state index contributed by atoms with van der Waals surface area (Å²) in [5.41, 5.74) is -0.592. The van der Waals surface area contributed by atoms with Gasteiger partial charge in [-0.15, -0.1) is 0 Å². The van der Waals surface area contributed by atoms with Crippen LogP contribution in [0.15, 0.2) is 0 Å². The van der Waals surface area contributed by atoms with Crippen molar-refractivity contribution in [1.82, 2.24) is 20.0 Å². The summed E-state index contributed by atoms with van der Waals surface area (Å²) in [5.74, 6) is 0.704. The van der Waals surface area contributed by atoms with E-state index in [1.807, 2.05) is 32.6 Å². The molecule has 1 aliphatic carbocycles. The molecular formula is C27H48N4O5. The largest absolute Gasteiger partial charge is 0.465 e. The van der Waals surface area contributed by atoms with Crippen molar-refractivity contribution in [3.05, 3.63) is 0 Å². The summed E-state index contributed by atoms with van der Waals surface area (Å²) in [7, 11) is 0. The first kappa shape index (κ1) is 28.7. The topological polar surface area (TPSA) is 91.4 Å². The van der Waals surface area contributed by atoms with Gasteiger partial charge < -0.3 is 19.7 Å². The van der Waals surface area contributed by atoms with Gasteiger partial charge in [0, 0.05) is 32.7 Å². The third-order valence-corrected chi connectivity index (χ3v) is 7.63. The van der Waals surface area contributed by atoms with Crippen LogP contribution in [-0.4, -0.2) is 103 Å². The van der Waals surface area contributed by atoms with E-state index >= 15 is 0 Å². The molecule has 9 nitrogen and oxygen atoms in total. The maximum atomic E-state index is 13.6. The van der Waals surface area contributed by atoms with E-state index in [2.05, 4.69) is 15.1 Å². The van der Waals surface area contributed by atoms with Gasteiger partial charge in [0.05, 0.1) is 13.2 Å². The van der Waals surface area contributed by atoms with E-state index in [4.69, 9.17) is 9.47 Å². The lowest BCUT2D eigenvalue weighted by atomic mass is 9.83. The summed E-state index contributed by atoms with van der Waals surface area (Å²) in [6.45, 7) is 14.2. The van der Waals surface area contributed by atoms with E-state index in [1.165, 1.54) is 6.42 Å². The molecule has 0 radical (unpaired) electrons. The number of hydrogen-bond donors (Lipinski definition) is 1. The standard InChI is InChI=1S/C27H48N4O5/c1-5-35-23(32)20-29-13-11-21(12-14-29)19-30-15-17-31(18-16-30)25(33)24(22-9-7-6-8-10-22)28-26(34)36-27(2,3)4/h21-22,24H,5-20H2,1-4H3,(H,28,34)/t24-/m1/s1. The Morgan fingerprint density at radius 1 is 0.889 bits per heavy atom. The van der Waals surface area contributed by atoms with Crippen molar-refractivity contribution in [1.29, 1.82) is 0 Å². The predicted molar refractivity (Wildman–Crippen MR) is 139 cm³/mol. The summed E-state index contributed by atoms with van der Waals surface area (Å²) in [5, 5.41) is 2.94. The Kier molecular flexibility index (Phi) is 10.8. The van der Waals surface area contributed by atoms with Crippen LogP contribution in [0.5, 0.6) is 0 Å². The Labute approximate surface area is 217 Å². The van der Waals surface area contributed by atoms with Crippen molar-refractivity contribution in [2.24, 2.45) is 11.8 Å². The van der Waals surface area contributed by atoms with Crippen molar-refractivity contribution in [3.8, 4) is 0 Å². The number of hydrogen-bond acceptors (Lipinski definition) is 7. The zero-order chi connectivity index (χ0) is 26.1. The summed E-state index contributed by atoms with van der Waals surface area (Å²) < 4.78 is 10.5. The van der Waals surface area contributed by atoms with E-state index in [0.717, 1.165) is 71.2 Å². The number of likely N-dealkylation sites (tertiary alicyclic amines) is 1. The Morgan fingerprint density at radius 2 is 1.53 bits per heavy atom. The molecule has 9 heteroatoms. The molecule has 0 unspecified atom stereocenters. The van der Waals surface area contributed by atoms with Crippen LogP contribution in [-0.2, 0) is 19.1 Å². The Hall–Kier alpha value is -1.87. The minimum absolute atomic E-state index is 0.0414. The molecule has 0 aromatic rings. The molecule has 2 amide bonds. The Morgan fingerprint density at radius 3 is 2.11 bits per heavy atom. The van der Waals surface area contributed by atoms with Crippen LogP contribution >= 0.6 is 0 Å². The number of nitrogens with one attached hydrogen (secondary N) is 1. The highest BCUT2D eigenvalue weighted by Gasteiger charge is 2.36. The summed E-state index contributed by atoms with van der Waals surface area (Å²) in [6.07, 6.45) is 7.03. The predicted octanol–water partition coefficient (Wildman–Crippen LogP) is 2.88. The number of nitrogens with zero attached hydrogens (tertiary/aromatic N) is 3. The van der Waals surface area contributed by atoms with Gasteiger partial charge in [-0.1, -0.05) is 19.3 Å². The highest BCUT2D eigenvalue weighted by molar-refractivity contribution is 5.86. The van der Waals surface area contributed by atoms with E-state index in [1.54, 1.807) is 0 Å². The molecule has 3 aliphatic rings. The molecule has 1 saturated carbocycles. The number of rotatable bonds is 8. The molecule has 2 aliphatic heterocycles. The molecule has 0 spiro atoms. The second-order valence-corrected chi connectivity index (χ2v) is 11.7. The minimum atomic E-state index is -0.592. The monoisotopic (exact) mass is 508 g/mol. The van der Waals surface area contributed by atoms with Crippen LogP contribution < -0.4 is 5.32 Å². The lowest BCUT2D eigenvalue weighted by Gasteiger charge is -2.40. The van der Waals surface area contributed by atoms with Gasteiger partial charge in [0.15, 0.2) is 0 Å². The number of piperazine rings is 1. The van der Waals surface area contributed by atoms with Crippen LogP contribution in [0.1, 0.15) is 72.6 Å². The average molecular weight is 509 g/mol. The van der Waals surface area contributed by atoms with Crippen LogP contribution in [0.4, 0.5) is 4.79 Å². The second kappa shape index (κ2) is 13.6. The number of carbonyl (C=O) groups is 3. The number of piperidine rings is 1. The van der Waals surface area contributed by atoms with Gasteiger partial charge in [0.2, 0.25) is 5.91 Å². The van der Waals surface area contributed by atoms with Crippen LogP contribution in [0, 0.1) is 11.8 Å². The molecular weight excluding hydrogens is 460 g/mol. The third-order valence-electron chi connectivity index (χ3n) is 7.63. The molecule has 0 aromatic heterocycles. The zero-order valence-electron chi connectivity index (χ0n) is 22.9. The van der Waals surface area contributed by atoms with Gasteiger partial charge in [0.1, 0.15) is 11.6 Å². The molecule has 3 rings (SSSR count). The van der Waals surface area contributed by atoms with E-state index in [9.17, 15) is 14.4 Å². The lowest BCUT2D eigenvalue weighted by Crippen LogP contribution is -2.58. The first-order valence-electron chi connectivity index (χ1n) is 14.0. The molecule has 2 heterocycles. The smallest absolute Gasteiger partial charge is 0.408 e. The van der Waals surface area contributed by atoms with E-state index in [0.29, 0.717) is 32.2 Å². The van der Waals surface area contributed by atoms with Gasteiger partial charge in [-0.25, -0.2) is 4.79 Å². The Bertz CT molecular complexity index is 718. The number of amides is 2. The summed E-state index contributed by atoms with van der Waals surface area (Å²) in [6, 6.07) is -0.504. The van der Waals surface area contributed by atoms with E-state index < -0.39 is 17.7 Å². The Balaban J connectivity index is 1.46. The van der Waals surface area contributed by atoms with Gasteiger partial charge in [-0.2, -0.15) is 0 Å². The minimum Gasteiger partial charge on any atom is -0.465 e. The zero-order valence-corrected chi connectivity index (χ0v) is 22.9. The van der Waals surface area contributed by atoms with Gasteiger partial charge in [0.25, 0.3) is 0 Å². The maximum Gasteiger partial charge on any atom is 0.408 e. The highest BCUT2D eigenvalue weighted by atomic mass is 16.6. The average Bonchev–Trinajstić information content (AvgIpc) is 2.83. The number of ether oxygens (including phenoxy) is 2. The van der Waals surface area contributed by atoms with Crippen molar-refractivity contribution < 1.29 is 23.9 Å². The quantitative estimate of drug-likeness (QED) is 0.504. The number of esters is 1. The van der Waals surface area contributed by atoms with Gasteiger partial charge >= 0.3 is 12.1 Å². The molecule has 1 atom stereocenters. The van der Waals surface area contributed by atoms with Gasteiger partial charge in [-0.05, 0) is 78.3 Å². The first-order valence-corrected chi connectivity index (χ1v) is 14.0. The first-order chi connectivity index (χ1) is 17.1. The molecule has 3 fully saturated rings. The summed E-state index contributed by atoms with van der Waals surface area (Å²) in [4.78, 5) is 44.4. The fourth-order valence-electron chi connectivity index (χ4n) is 5.71. The molecule has 2 saturated heterocycles. The van der Waals surface area contributed by atoms with Crippen LogP contribution in [0.3, 0.4) is 0 Å². The molecule has 36 heavy (non-hydrogen) atoms.